The number of carbonyl (C=O) groups is 2. The van der Waals surface area contributed by atoms with Gasteiger partial charge in [0.25, 0.3) is 5.91 Å². The highest BCUT2D eigenvalue weighted by atomic mass is 16.4. The fourth-order valence-electron chi connectivity index (χ4n) is 1.85. The Morgan fingerprint density at radius 2 is 1.89 bits per heavy atom. The number of carbonyl (C=O) groups excluding carboxylic acids is 1. The Labute approximate surface area is 107 Å². The summed E-state index contributed by atoms with van der Waals surface area (Å²) < 4.78 is 0. The van der Waals surface area contributed by atoms with Crippen molar-refractivity contribution in [3.63, 3.8) is 0 Å². The van der Waals surface area contributed by atoms with Gasteiger partial charge < -0.3 is 10.0 Å². The van der Waals surface area contributed by atoms with Crippen LogP contribution < -0.4 is 0 Å². The van der Waals surface area contributed by atoms with Gasteiger partial charge in [0.1, 0.15) is 6.54 Å². The lowest BCUT2D eigenvalue weighted by Gasteiger charge is -2.21. The van der Waals surface area contributed by atoms with Gasteiger partial charge in [0, 0.05) is 12.1 Å². The highest BCUT2D eigenvalue weighted by Crippen LogP contribution is 2.15. The van der Waals surface area contributed by atoms with E-state index in [0.29, 0.717) is 5.56 Å². The average molecular weight is 247 g/mol. The van der Waals surface area contributed by atoms with Crippen molar-refractivity contribution in [1.82, 2.24) is 4.90 Å². The molecule has 96 valence electrons. The lowest BCUT2D eigenvalue weighted by Crippen LogP contribution is -2.36. The number of aliphatic carboxylic acids is 1. The Bertz CT molecular complexity index is 460. The summed E-state index contributed by atoms with van der Waals surface area (Å²) in [5.41, 5.74) is 2.26. The quantitative estimate of drug-likeness (QED) is 0.810. The topological polar surface area (TPSA) is 57.6 Å². The lowest BCUT2D eigenvalue weighted by atomic mass is 10.0. The molecular weight excluding hydrogens is 230 g/mol. The Morgan fingerprint density at radius 1 is 1.33 bits per heavy atom. The Hall–Kier alpha value is -2.10. The normalized spacial score (nSPS) is 9.89. The van der Waals surface area contributed by atoms with E-state index in [2.05, 4.69) is 6.58 Å². The van der Waals surface area contributed by atoms with Gasteiger partial charge in [0.05, 0.1) is 0 Å². The number of carboxylic acid groups (broad SMARTS) is 1. The van der Waals surface area contributed by atoms with Gasteiger partial charge in [-0.15, -0.1) is 6.58 Å². The van der Waals surface area contributed by atoms with Gasteiger partial charge >= 0.3 is 5.97 Å². The van der Waals surface area contributed by atoms with E-state index in [1.807, 2.05) is 32.0 Å². The molecule has 0 aliphatic rings. The van der Waals surface area contributed by atoms with E-state index >= 15 is 0 Å². The van der Waals surface area contributed by atoms with Gasteiger partial charge in [-0.3, -0.25) is 9.59 Å². The first kappa shape index (κ1) is 14.0. The molecule has 0 heterocycles. The third kappa shape index (κ3) is 3.20. The smallest absolute Gasteiger partial charge is 0.323 e. The fraction of sp³-hybridized carbons (Fsp3) is 0.286. The zero-order valence-electron chi connectivity index (χ0n) is 10.6. The summed E-state index contributed by atoms with van der Waals surface area (Å²) in [6.07, 6.45) is 1.52. The van der Waals surface area contributed by atoms with E-state index in [1.165, 1.54) is 11.0 Å². The number of benzene rings is 1. The van der Waals surface area contributed by atoms with Crippen LogP contribution >= 0.6 is 0 Å². The molecule has 0 saturated carbocycles. The summed E-state index contributed by atoms with van der Waals surface area (Å²) in [5, 5.41) is 8.82. The second-order valence-electron chi connectivity index (χ2n) is 4.13. The maximum absolute atomic E-state index is 12.3. The van der Waals surface area contributed by atoms with Crippen molar-refractivity contribution in [3.05, 3.63) is 47.5 Å². The van der Waals surface area contributed by atoms with Crippen LogP contribution in [-0.4, -0.2) is 35.0 Å². The Kier molecular flexibility index (Phi) is 4.66. The van der Waals surface area contributed by atoms with E-state index in [-0.39, 0.29) is 19.0 Å². The summed E-state index contributed by atoms with van der Waals surface area (Å²) in [6.45, 7) is 7.12. The van der Waals surface area contributed by atoms with Gasteiger partial charge in [0.2, 0.25) is 0 Å². The van der Waals surface area contributed by atoms with E-state index in [1.54, 1.807) is 0 Å². The van der Waals surface area contributed by atoms with Crippen molar-refractivity contribution in [2.24, 2.45) is 0 Å². The van der Waals surface area contributed by atoms with Gasteiger partial charge in [-0.05, 0) is 25.0 Å². The molecule has 0 bridgehead atoms. The van der Waals surface area contributed by atoms with Crippen molar-refractivity contribution in [1.29, 1.82) is 0 Å². The third-order valence-corrected chi connectivity index (χ3v) is 2.66. The van der Waals surface area contributed by atoms with Crippen LogP contribution in [0.15, 0.2) is 30.9 Å². The number of amides is 1. The molecule has 1 amide bonds. The molecule has 1 aromatic rings. The van der Waals surface area contributed by atoms with E-state index < -0.39 is 5.97 Å². The molecule has 1 N–H and O–H groups in total. The molecule has 0 spiro atoms. The predicted molar refractivity (Wildman–Crippen MR) is 69.7 cm³/mol. The van der Waals surface area contributed by atoms with Gasteiger partial charge in [-0.1, -0.05) is 24.3 Å². The first-order valence-electron chi connectivity index (χ1n) is 5.65. The molecular formula is C14H17NO3. The second kappa shape index (κ2) is 6.00. The molecule has 0 aromatic heterocycles. The van der Waals surface area contributed by atoms with Crippen LogP contribution in [0.25, 0.3) is 0 Å². The van der Waals surface area contributed by atoms with Crippen LogP contribution in [0.3, 0.4) is 0 Å². The minimum Gasteiger partial charge on any atom is -0.480 e. The van der Waals surface area contributed by atoms with Crippen LogP contribution in [0.1, 0.15) is 21.5 Å². The number of hydrogen-bond acceptors (Lipinski definition) is 2. The van der Waals surface area contributed by atoms with Crippen LogP contribution in [0.2, 0.25) is 0 Å². The molecule has 0 fully saturated rings. The molecule has 0 saturated heterocycles. The molecule has 18 heavy (non-hydrogen) atoms. The minimum atomic E-state index is -1.03. The Morgan fingerprint density at radius 3 is 2.33 bits per heavy atom. The molecule has 1 aromatic carbocycles. The van der Waals surface area contributed by atoms with E-state index in [9.17, 15) is 9.59 Å². The summed E-state index contributed by atoms with van der Waals surface area (Å²) in [6, 6.07) is 5.55. The first-order valence-corrected chi connectivity index (χ1v) is 5.65. The maximum Gasteiger partial charge on any atom is 0.323 e. The van der Waals surface area contributed by atoms with Gasteiger partial charge in [0.15, 0.2) is 0 Å². The summed E-state index contributed by atoms with van der Waals surface area (Å²) in [4.78, 5) is 24.4. The van der Waals surface area contributed by atoms with Crippen LogP contribution in [0.4, 0.5) is 0 Å². The summed E-state index contributed by atoms with van der Waals surface area (Å²) in [5.74, 6) is -1.30. The largest absolute Gasteiger partial charge is 0.480 e. The van der Waals surface area contributed by atoms with Gasteiger partial charge in [-0.25, -0.2) is 0 Å². The molecule has 0 atom stereocenters. The molecule has 0 unspecified atom stereocenters. The monoisotopic (exact) mass is 247 g/mol. The number of carboxylic acids is 1. The number of rotatable bonds is 5. The predicted octanol–water partition coefficient (Wildman–Crippen LogP) is 2.02. The Balaban J connectivity index is 3.09. The fourth-order valence-corrected chi connectivity index (χ4v) is 1.85. The van der Waals surface area contributed by atoms with Crippen LogP contribution in [0.5, 0.6) is 0 Å². The first-order chi connectivity index (χ1) is 8.47. The zero-order valence-corrected chi connectivity index (χ0v) is 10.6. The van der Waals surface area contributed by atoms with Crippen molar-refractivity contribution < 1.29 is 14.7 Å². The number of hydrogen-bond donors (Lipinski definition) is 1. The maximum atomic E-state index is 12.3. The molecule has 4 nitrogen and oxygen atoms in total. The molecule has 1 rings (SSSR count). The molecule has 4 heteroatoms. The number of aryl methyl sites for hydroxylation is 2. The van der Waals surface area contributed by atoms with Crippen molar-refractivity contribution >= 4 is 11.9 Å². The van der Waals surface area contributed by atoms with Crippen molar-refractivity contribution in [3.8, 4) is 0 Å². The summed E-state index contributed by atoms with van der Waals surface area (Å²) in [7, 11) is 0. The van der Waals surface area contributed by atoms with E-state index in [0.717, 1.165) is 11.1 Å². The summed E-state index contributed by atoms with van der Waals surface area (Å²) >= 11 is 0. The SMILES string of the molecule is C=CCN(CC(=O)O)C(=O)c1c(C)cccc1C. The number of nitrogens with zero attached hydrogens (tertiary/aromatic N) is 1. The lowest BCUT2D eigenvalue weighted by molar-refractivity contribution is -0.137. The standard InChI is InChI=1S/C14H17NO3/c1-4-8-15(9-12(16)17)14(18)13-10(2)6-5-7-11(13)3/h4-7H,1,8-9H2,2-3H3,(H,16,17). The van der Waals surface area contributed by atoms with Crippen molar-refractivity contribution in [2.45, 2.75) is 13.8 Å². The van der Waals surface area contributed by atoms with Crippen molar-refractivity contribution in [2.75, 3.05) is 13.1 Å². The van der Waals surface area contributed by atoms with Crippen LogP contribution in [0, 0.1) is 13.8 Å². The minimum absolute atomic E-state index is 0.221. The highest BCUT2D eigenvalue weighted by molar-refractivity contribution is 5.98. The second-order valence-corrected chi connectivity index (χ2v) is 4.13. The van der Waals surface area contributed by atoms with E-state index in [4.69, 9.17) is 5.11 Å². The highest BCUT2D eigenvalue weighted by Gasteiger charge is 2.20. The third-order valence-electron chi connectivity index (χ3n) is 2.66. The van der Waals surface area contributed by atoms with Crippen LogP contribution in [-0.2, 0) is 4.79 Å². The zero-order chi connectivity index (χ0) is 13.7. The molecule has 0 radical (unpaired) electrons. The molecule has 0 aliphatic carbocycles. The van der Waals surface area contributed by atoms with Gasteiger partial charge in [-0.2, -0.15) is 0 Å². The molecule has 0 aliphatic heterocycles. The average Bonchev–Trinajstić information content (AvgIpc) is 2.27.